The fraction of sp³-hybridized carbons (Fsp3) is 0.136. The molecule has 1 aliphatic rings. The standard InChI is InChI=1S/C22H19N2O2.BrH/c25-21-19-8-4-5-9-20(19)22(26)24(21)16-18-11-14-23(15-12-18)13-10-17-6-2-1-3-7-17;/h1-9,11-12,14-15H,10,13,16H2;1H/q+1;/p-1. The number of benzene rings is 2. The molecule has 0 fully saturated rings. The average molecular weight is 423 g/mol. The Labute approximate surface area is 168 Å². The van der Waals surface area contributed by atoms with Crippen LogP contribution >= 0.6 is 0 Å². The Morgan fingerprint density at radius 2 is 1.26 bits per heavy atom. The molecule has 4 nitrogen and oxygen atoms in total. The molecule has 2 amide bonds. The molecule has 0 aliphatic carbocycles. The fourth-order valence-electron chi connectivity index (χ4n) is 3.21. The SMILES string of the molecule is O=C1c2ccccc2C(=O)N1Cc1cc[n+](CCc2ccccc2)cc1.[Br-]. The van der Waals surface area contributed by atoms with Crippen molar-refractivity contribution in [3.8, 4) is 0 Å². The van der Waals surface area contributed by atoms with Crippen molar-refractivity contribution in [2.75, 3.05) is 0 Å². The van der Waals surface area contributed by atoms with Crippen LogP contribution in [0.3, 0.4) is 0 Å². The van der Waals surface area contributed by atoms with Crippen LogP contribution in [0.4, 0.5) is 0 Å². The van der Waals surface area contributed by atoms with Gasteiger partial charge in [-0.2, -0.15) is 0 Å². The number of rotatable bonds is 5. The number of hydrogen-bond acceptors (Lipinski definition) is 2. The molecule has 0 atom stereocenters. The van der Waals surface area contributed by atoms with Gasteiger partial charge in [-0.25, -0.2) is 4.57 Å². The fourth-order valence-corrected chi connectivity index (χ4v) is 3.21. The van der Waals surface area contributed by atoms with Gasteiger partial charge in [-0.1, -0.05) is 42.5 Å². The lowest BCUT2D eigenvalue weighted by atomic mass is 10.1. The summed E-state index contributed by atoms with van der Waals surface area (Å²) in [4.78, 5) is 26.2. The van der Waals surface area contributed by atoms with Crippen LogP contribution in [0.25, 0.3) is 0 Å². The second-order valence-corrected chi connectivity index (χ2v) is 6.42. The average Bonchev–Trinajstić information content (AvgIpc) is 2.93. The van der Waals surface area contributed by atoms with Crippen molar-refractivity contribution in [1.29, 1.82) is 0 Å². The molecule has 0 radical (unpaired) electrons. The molecule has 0 spiro atoms. The van der Waals surface area contributed by atoms with Crippen molar-refractivity contribution >= 4 is 11.8 Å². The Balaban J connectivity index is 0.00000210. The maximum Gasteiger partial charge on any atom is 0.261 e. The van der Waals surface area contributed by atoms with Crippen LogP contribution in [0.1, 0.15) is 31.8 Å². The first-order chi connectivity index (χ1) is 12.7. The summed E-state index contributed by atoms with van der Waals surface area (Å²) in [5.41, 5.74) is 3.23. The zero-order valence-corrected chi connectivity index (χ0v) is 16.3. The van der Waals surface area contributed by atoms with E-state index in [0.717, 1.165) is 18.5 Å². The number of carbonyl (C=O) groups excluding carboxylic acids is 2. The van der Waals surface area contributed by atoms with Gasteiger partial charge in [-0.3, -0.25) is 14.5 Å². The minimum absolute atomic E-state index is 0. The van der Waals surface area contributed by atoms with Crippen molar-refractivity contribution in [2.24, 2.45) is 0 Å². The smallest absolute Gasteiger partial charge is 0.261 e. The predicted molar refractivity (Wildman–Crippen MR) is 97.4 cm³/mol. The van der Waals surface area contributed by atoms with Gasteiger partial charge in [0, 0.05) is 18.6 Å². The number of nitrogens with zero attached hydrogens (tertiary/aromatic N) is 2. The number of aromatic nitrogens is 1. The number of halogens is 1. The van der Waals surface area contributed by atoms with Crippen LogP contribution < -0.4 is 21.5 Å². The maximum absolute atomic E-state index is 12.4. The summed E-state index contributed by atoms with van der Waals surface area (Å²) in [6, 6.07) is 21.3. The minimum Gasteiger partial charge on any atom is -1.00 e. The lowest BCUT2D eigenvalue weighted by molar-refractivity contribution is -0.696. The molecule has 0 saturated heterocycles. The molecule has 27 heavy (non-hydrogen) atoms. The van der Waals surface area contributed by atoms with Crippen molar-refractivity contribution < 1.29 is 31.1 Å². The number of aryl methyl sites for hydroxylation is 2. The van der Waals surface area contributed by atoms with Gasteiger partial charge in [0.2, 0.25) is 0 Å². The van der Waals surface area contributed by atoms with Crippen LogP contribution in [0, 0.1) is 0 Å². The molecule has 1 aliphatic heterocycles. The first-order valence-corrected chi connectivity index (χ1v) is 8.69. The Morgan fingerprint density at radius 1 is 0.704 bits per heavy atom. The highest BCUT2D eigenvalue weighted by Gasteiger charge is 2.34. The minimum atomic E-state index is -0.216. The van der Waals surface area contributed by atoms with E-state index in [2.05, 4.69) is 16.7 Å². The summed E-state index contributed by atoms with van der Waals surface area (Å²) in [5, 5.41) is 0. The van der Waals surface area contributed by atoms with Gasteiger partial charge >= 0.3 is 0 Å². The topological polar surface area (TPSA) is 41.3 Å². The van der Waals surface area contributed by atoms with Crippen molar-refractivity contribution in [3.05, 3.63) is 101 Å². The van der Waals surface area contributed by atoms with Crippen molar-refractivity contribution in [1.82, 2.24) is 4.90 Å². The van der Waals surface area contributed by atoms with E-state index >= 15 is 0 Å². The zero-order chi connectivity index (χ0) is 17.9. The molecule has 0 saturated carbocycles. The highest BCUT2D eigenvalue weighted by molar-refractivity contribution is 6.21. The third-order valence-electron chi connectivity index (χ3n) is 4.68. The van der Waals surface area contributed by atoms with Crippen LogP contribution in [0.2, 0.25) is 0 Å². The van der Waals surface area contributed by atoms with Crippen LogP contribution in [0.15, 0.2) is 79.1 Å². The molecule has 0 unspecified atom stereocenters. The molecule has 5 heteroatoms. The third-order valence-corrected chi connectivity index (χ3v) is 4.68. The summed E-state index contributed by atoms with van der Waals surface area (Å²) < 4.78 is 2.11. The van der Waals surface area contributed by atoms with Gasteiger partial charge in [0.1, 0.15) is 0 Å². The van der Waals surface area contributed by atoms with E-state index in [9.17, 15) is 9.59 Å². The molecule has 3 aromatic rings. The van der Waals surface area contributed by atoms with Crippen molar-refractivity contribution in [3.63, 3.8) is 0 Å². The summed E-state index contributed by atoms with van der Waals surface area (Å²) in [5.74, 6) is -0.433. The Hall–Kier alpha value is -2.79. The summed E-state index contributed by atoms with van der Waals surface area (Å²) in [7, 11) is 0. The first kappa shape index (κ1) is 19.0. The van der Waals surface area contributed by atoms with E-state index in [1.807, 2.05) is 42.7 Å². The summed E-state index contributed by atoms with van der Waals surface area (Å²) in [6.45, 7) is 1.18. The molecular formula is C22H19BrN2O2. The number of fused-ring (bicyclic) bond motifs is 1. The molecule has 2 aromatic carbocycles. The van der Waals surface area contributed by atoms with Crippen LogP contribution in [0.5, 0.6) is 0 Å². The second kappa shape index (κ2) is 8.27. The third kappa shape index (κ3) is 3.98. The molecule has 4 rings (SSSR count). The van der Waals surface area contributed by atoms with E-state index in [-0.39, 0.29) is 28.8 Å². The van der Waals surface area contributed by atoms with E-state index < -0.39 is 0 Å². The number of pyridine rings is 1. The monoisotopic (exact) mass is 422 g/mol. The largest absolute Gasteiger partial charge is 1.00 e. The molecular weight excluding hydrogens is 404 g/mol. The van der Waals surface area contributed by atoms with Gasteiger partial charge in [-0.15, -0.1) is 0 Å². The maximum atomic E-state index is 12.4. The normalized spacial score (nSPS) is 12.7. The van der Waals surface area contributed by atoms with E-state index in [4.69, 9.17) is 0 Å². The number of hydrogen-bond donors (Lipinski definition) is 0. The summed E-state index contributed by atoms with van der Waals surface area (Å²) >= 11 is 0. The lowest BCUT2D eigenvalue weighted by Gasteiger charge is -2.13. The van der Waals surface area contributed by atoms with Crippen molar-refractivity contribution in [2.45, 2.75) is 19.5 Å². The van der Waals surface area contributed by atoms with E-state index in [1.54, 1.807) is 24.3 Å². The Kier molecular flexibility index (Phi) is 5.81. The van der Waals surface area contributed by atoms with Gasteiger partial charge in [-0.05, 0) is 23.3 Å². The molecule has 0 bridgehead atoms. The molecule has 136 valence electrons. The Bertz CT molecular complexity index is 921. The highest BCUT2D eigenvalue weighted by atomic mass is 79.9. The zero-order valence-electron chi connectivity index (χ0n) is 14.7. The number of imide groups is 1. The van der Waals surface area contributed by atoms with Gasteiger partial charge < -0.3 is 17.0 Å². The quantitative estimate of drug-likeness (QED) is 0.429. The predicted octanol–water partition coefficient (Wildman–Crippen LogP) is 0.0170. The van der Waals surface area contributed by atoms with Gasteiger partial charge in [0.05, 0.1) is 17.7 Å². The molecule has 0 N–H and O–H groups in total. The molecule has 1 aromatic heterocycles. The lowest BCUT2D eigenvalue weighted by Crippen LogP contribution is -3.00. The van der Waals surface area contributed by atoms with Crippen LogP contribution in [-0.4, -0.2) is 16.7 Å². The highest BCUT2D eigenvalue weighted by Crippen LogP contribution is 2.23. The van der Waals surface area contributed by atoms with E-state index in [0.29, 0.717) is 17.7 Å². The number of carbonyl (C=O) groups is 2. The number of amides is 2. The summed E-state index contributed by atoms with van der Waals surface area (Å²) in [6.07, 6.45) is 4.95. The Morgan fingerprint density at radius 3 is 1.85 bits per heavy atom. The van der Waals surface area contributed by atoms with Crippen LogP contribution in [-0.2, 0) is 19.5 Å². The molecule has 2 heterocycles. The second-order valence-electron chi connectivity index (χ2n) is 6.42. The van der Waals surface area contributed by atoms with Gasteiger partial charge in [0.15, 0.2) is 18.9 Å². The first-order valence-electron chi connectivity index (χ1n) is 8.69. The van der Waals surface area contributed by atoms with E-state index in [1.165, 1.54) is 10.5 Å². The van der Waals surface area contributed by atoms with Gasteiger partial charge in [0.25, 0.3) is 11.8 Å².